The number of pyridine rings is 1. The molecule has 376 valence electrons. The lowest BCUT2D eigenvalue weighted by Gasteiger charge is -2.62. The molecule has 0 saturated carbocycles. The van der Waals surface area contributed by atoms with Crippen molar-refractivity contribution in [2.75, 3.05) is 67.6 Å². The number of carbonyl (C=O) groups is 5. The van der Waals surface area contributed by atoms with Gasteiger partial charge in [-0.1, -0.05) is 39.8 Å². The molecule has 70 heavy (non-hydrogen) atoms. The molecule has 4 aromatic rings. The van der Waals surface area contributed by atoms with E-state index in [0.717, 1.165) is 51.1 Å². The van der Waals surface area contributed by atoms with Crippen LogP contribution in [0.25, 0.3) is 33.4 Å². The fraction of sp³-hybridized carbons (Fsp3) is 0.558. The summed E-state index contributed by atoms with van der Waals surface area (Å²) in [4.78, 5) is 87.3. The second-order valence-corrected chi connectivity index (χ2v) is 21.8. The number of methoxy groups -OCH3 is 1. The highest BCUT2D eigenvalue weighted by Gasteiger charge is 2.57. The standard InChI is InChI=1S/C52H70N10O7S/c1-11-60-41-19-18-34-25-36(41)37(46(60)35-15-12-21-53-44(35)33(4)68-10)27-51(5,6)31-69-49(66)38-16-13-23-62(56-38)48(65)39(26-42-54-40(34)28-70-42)55-47(64)45(32(2)3)58(9)50(67)61-24-20-52(61)29-59(30-52)43(63)17-14-22-57(7)8/h12,14-15,17-19,21,25,28,32-33,38-39,45,56H,11,13,16,20,22-24,26-27,29-31H2,1-10H3,(H,55,64)/b17-14+/t33-,38-,39-,45-/m0/s1. The van der Waals surface area contributed by atoms with Gasteiger partial charge in [-0.05, 0) is 89.4 Å². The van der Waals surface area contributed by atoms with Crippen LogP contribution < -0.4 is 10.7 Å². The van der Waals surface area contributed by atoms with Crippen LogP contribution in [0.3, 0.4) is 0 Å². The lowest BCUT2D eigenvalue weighted by Crippen LogP contribution is -2.79. The molecular weight excluding hydrogens is 909 g/mol. The van der Waals surface area contributed by atoms with Gasteiger partial charge < -0.3 is 39.0 Å². The maximum atomic E-state index is 14.7. The van der Waals surface area contributed by atoms with E-state index in [4.69, 9.17) is 19.4 Å². The molecule has 17 nitrogen and oxygen atoms in total. The minimum Gasteiger partial charge on any atom is -0.464 e. The molecule has 4 aliphatic heterocycles. The second-order valence-electron chi connectivity index (χ2n) is 20.8. The largest absolute Gasteiger partial charge is 0.464 e. The summed E-state index contributed by atoms with van der Waals surface area (Å²) in [5, 5.41) is 8.16. The van der Waals surface area contributed by atoms with Crippen molar-refractivity contribution in [1.29, 1.82) is 0 Å². The van der Waals surface area contributed by atoms with Gasteiger partial charge in [-0.15, -0.1) is 11.3 Å². The van der Waals surface area contributed by atoms with Crippen molar-refractivity contribution in [2.45, 2.75) is 110 Å². The number of fused-ring (bicyclic) bond motifs is 6. The van der Waals surface area contributed by atoms with Crippen LogP contribution in [0, 0.1) is 11.3 Å². The van der Waals surface area contributed by atoms with Gasteiger partial charge in [-0.25, -0.2) is 15.2 Å². The molecule has 8 rings (SSSR count). The summed E-state index contributed by atoms with van der Waals surface area (Å²) in [7, 11) is 7.19. The van der Waals surface area contributed by atoms with Crippen molar-refractivity contribution in [1.82, 2.24) is 49.9 Å². The van der Waals surface area contributed by atoms with Gasteiger partial charge in [0, 0.05) is 105 Å². The lowest BCUT2D eigenvalue weighted by atomic mass is 9.77. The van der Waals surface area contributed by atoms with E-state index in [2.05, 4.69) is 60.3 Å². The minimum absolute atomic E-state index is 0.0760. The molecule has 1 spiro atoms. The van der Waals surface area contributed by atoms with Crippen LogP contribution in [0.2, 0.25) is 0 Å². The van der Waals surface area contributed by atoms with Crippen molar-refractivity contribution in [2.24, 2.45) is 11.3 Å². The van der Waals surface area contributed by atoms with Crippen molar-refractivity contribution < 1.29 is 33.4 Å². The zero-order chi connectivity index (χ0) is 50.2. The quantitative estimate of drug-likeness (QED) is 0.140. The van der Waals surface area contributed by atoms with E-state index in [1.54, 1.807) is 36.2 Å². The topological polar surface area (TPSA) is 175 Å². The summed E-state index contributed by atoms with van der Waals surface area (Å²) in [6.07, 6.45) is 7.37. The van der Waals surface area contributed by atoms with Gasteiger partial charge in [0.25, 0.3) is 5.91 Å². The minimum atomic E-state index is -1.09. The molecule has 4 aliphatic rings. The van der Waals surface area contributed by atoms with E-state index in [1.165, 1.54) is 21.2 Å². The maximum Gasteiger partial charge on any atom is 0.324 e. The predicted molar refractivity (Wildman–Crippen MR) is 269 cm³/mol. The zero-order valence-corrected chi connectivity index (χ0v) is 43.2. The number of urea groups is 1. The summed E-state index contributed by atoms with van der Waals surface area (Å²) in [5.74, 6) is -1.76. The number of nitrogens with zero attached hydrogens (tertiary/aromatic N) is 8. The molecule has 5 amide bonds. The van der Waals surface area contributed by atoms with Crippen molar-refractivity contribution in [3.63, 3.8) is 0 Å². The zero-order valence-electron chi connectivity index (χ0n) is 42.4. The number of aryl methyl sites for hydroxylation is 1. The van der Waals surface area contributed by atoms with E-state index in [1.807, 2.05) is 57.3 Å². The number of esters is 1. The third kappa shape index (κ3) is 10.1. The van der Waals surface area contributed by atoms with E-state index >= 15 is 0 Å². The molecule has 7 heterocycles. The first-order valence-electron chi connectivity index (χ1n) is 24.6. The Morgan fingerprint density at radius 1 is 1.10 bits per heavy atom. The van der Waals surface area contributed by atoms with E-state index in [0.29, 0.717) is 63.5 Å². The number of thiazole rings is 1. The Morgan fingerprint density at radius 3 is 2.56 bits per heavy atom. The third-order valence-electron chi connectivity index (χ3n) is 14.4. The van der Waals surface area contributed by atoms with Gasteiger partial charge in [0.15, 0.2) is 0 Å². The van der Waals surface area contributed by atoms with E-state index in [-0.39, 0.29) is 37.0 Å². The van der Waals surface area contributed by atoms with E-state index in [9.17, 15) is 24.0 Å². The van der Waals surface area contributed by atoms with Gasteiger partial charge in [0.05, 0.1) is 40.3 Å². The lowest BCUT2D eigenvalue weighted by molar-refractivity contribution is -0.155. The van der Waals surface area contributed by atoms with Crippen LogP contribution in [0.4, 0.5) is 4.79 Å². The van der Waals surface area contributed by atoms with Gasteiger partial charge >= 0.3 is 12.0 Å². The fourth-order valence-corrected chi connectivity index (χ4v) is 11.4. The van der Waals surface area contributed by atoms with Crippen LogP contribution in [-0.4, -0.2) is 160 Å². The molecule has 18 heteroatoms. The Kier molecular flexibility index (Phi) is 14.9. The SMILES string of the molecule is CCn1c(-c2cccnc2[C@H](C)OC)c2c3cc(ccc31)-c1csc(n1)C[C@H](NC(=O)[C@H](C(C)C)N(C)C(=O)N1CCC13CN(C(=O)/C=C/CN(C)C)C3)C(=O)N1CCC[C@H](N1)C(=O)OCC(C)(C)C2. The van der Waals surface area contributed by atoms with Gasteiger partial charge in [-0.2, -0.15) is 0 Å². The first kappa shape index (κ1) is 50.7. The molecule has 2 N–H and O–H groups in total. The summed E-state index contributed by atoms with van der Waals surface area (Å²) in [6.45, 7) is 15.2. The number of rotatable bonds is 11. The fourth-order valence-electron chi connectivity index (χ4n) is 10.5. The normalized spacial score (nSPS) is 21.1. The Hall–Kier alpha value is -5.69. The number of hydrogen-bond donors (Lipinski definition) is 2. The third-order valence-corrected chi connectivity index (χ3v) is 15.3. The molecule has 0 unspecified atom stereocenters. The maximum absolute atomic E-state index is 14.7. The summed E-state index contributed by atoms with van der Waals surface area (Å²) < 4.78 is 14.3. The van der Waals surface area contributed by atoms with Crippen molar-refractivity contribution in [3.05, 3.63) is 70.3 Å². The average molecular weight is 979 g/mol. The van der Waals surface area contributed by atoms with Crippen LogP contribution in [-0.2, 0) is 48.0 Å². The van der Waals surface area contributed by atoms with Crippen LogP contribution in [0.5, 0.6) is 0 Å². The van der Waals surface area contributed by atoms with Crippen LogP contribution >= 0.6 is 11.3 Å². The average Bonchev–Trinajstić information content (AvgIpc) is 3.90. The molecule has 1 aromatic carbocycles. The second kappa shape index (κ2) is 20.6. The number of likely N-dealkylation sites (N-methyl/N-ethyl adjacent to an activating group) is 2. The molecule has 3 fully saturated rings. The van der Waals surface area contributed by atoms with Gasteiger partial charge in [-0.3, -0.25) is 29.2 Å². The number of amides is 5. The number of ether oxygens (including phenoxy) is 2. The molecule has 3 aromatic heterocycles. The smallest absolute Gasteiger partial charge is 0.324 e. The molecule has 3 saturated heterocycles. The highest BCUT2D eigenvalue weighted by Crippen LogP contribution is 2.43. The summed E-state index contributed by atoms with van der Waals surface area (Å²) in [6, 6.07) is 7.33. The molecule has 0 aliphatic carbocycles. The van der Waals surface area contributed by atoms with Gasteiger partial charge in [0.1, 0.15) is 18.1 Å². The number of hydrogen-bond acceptors (Lipinski definition) is 12. The number of likely N-dealkylation sites (tertiary alicyclic amines) is 2. The highest BCUT2D eigenvalue weighted by atomic mass is 32.1. The van der Waals surface area contributed by atoms with E-state index < -0.39 is 46.9 Å². The number of cyclic esters (lactones) is 1. The first-order chi connectivity index (χ1) is 33.3. The Morgan fingerprint density at radius 2 is 1.87 bits per heavy atom. The Bertz CT molecular complexity index is 2650. The highest BCUT2D eigenvalue weighted by molar-refractivity contribution is 7.10. The molecule has 4 atom stereocenters. The number of hydrazine groups is 1. The molecule has 6 bridgehead atoms. The van der Waals surface area contributed by atoms with Crippen molar-refractivity contribution in [3.8, 4) is 22.5 Å². The monoisotopic (exact) mass is 979 g/mol. The summed E-state index contributed by atoms with van der Waals surface area (Å²) in [5.41, 5.74) is 8.81. The van der Waals surface area contributed by atoms with Gasteiger partial charge in [0.2, 0.25) is 11.8 Å². The first-order valence-corrected chi connectivity index (χ1v) is 25.5. The van der Waals surface area contributed by atoms with Crippen LogP contribution in [0.1, 0.15) is 83.2 Å². The summed E-state index contributed by atoms with van der Waals surface area (Å²) >= 11 is 1.41. The van der Waals surface area contributed by atoms with Crippen molar-refractivity contribution >= 4 is 52.0 Å². The number of aromatic nitrogens is 3. The Balaban J connectivity index is 1.10. The molecule has 0 radical (unpaired) electrons. The number of nitrogens with one attached hydrogen (secondary N) is 2. The number of benzene rings is 1. The number of carbonyl (C=O) groups excluding carboxylic acids is 5. The molecular formula is C52H70N10O7S. The predicted octanol–water partition coefficient (Wildman–Crippen LogP) is 5.68. The van der Waals surface area contributed by atoms with Crippen LogP contribution in [0.15, 0.2) is 54.1 Å². The Labute approximate surface area is 415 Å².